The van der Waals surface area contributed by atoms with Crippen molar-refractivity contribution in [2.75, 3.05) is 0 Å². The second-order valence-corrected chi connectivity index (χ2v) is 10.8. The van der Waals surface area contributed by atoms with Gasteiger partial charge in [0.2, 0.25) is 5.03 Å². The summed E-state index contributed by atoms with van der Waals surface area (Å²) in [7, 11) is -2.36. The van der Waals surface area contributed by atoms with Crippen LogP contribution in [0, 0.1) is 13.8 Å². The molecule has 0 saturated heterocycles. The van der Waals surface area contributed by atoms with E-state index in [4.69, 9.17) is 25.9 Å². The third-order valence-electron chi connectivity index (χ3n) is 6.08. The van der Waals surface area contributed by atoms with E-state index < -0.39 is 21.2 Å². The fourth-order valence-corrected chi connectivity index (χ4v) is 5.21. The number of nitrogens with two attached hydrogens (primary N) is 1. The minimum absolute atomic E-state index is 0.0401. The van der Waals surface area contributed by atoms with E-state index in [1.165, 1.54) is 12.1 Å². The number of aromatic nitrogens is 3. The lowest BCUT2D eigenvalue weighted by atomic mass is 9.99. The first-order chi connectivity index (χ1) is 17.4. The molecule has 37 heavy (non-hydrogen) atoms. The molecular formula is C26H23ClN4O5S. The Bertz CT molecular complexity index is 1880. The fraction of sp³-hybridized carbons (Fsp3) is 0.192. The van der Waals surface area contributed by atoms with E-state index in [0.29, 0.717) is 27.9 Å². The molecule has 0 fully saturated rings. The summed E-state index contributed by atoms with van der Waals surface area (Å²) in [5, 5.41) is 10.5. The summed E-state index contributed by atoms with van der Waals surface area (Å²) >= 11 is 5.88. The van der Waals surface area contributed by atoms with Gasteiger partial charge in [0.1, 0.15) is 22.6 Å². The van der Waals surface area contributed by atoms with Crippen LogP contribution in [0.1, 0.15) is 29.7 Å². The van der Waals surface area contributed by atoms with Gasteiger partial charge in [0, 0.05) is 35.3 Å². The number of aryl methyl sites for hydroxylation is 2. The predicted molar refractivity (Wildman–Crippen MR) is 141 cm³/mol. The van der Waals surface area contributed by atoms with Crippen LogP contribution in [-0.2, 0) is 17.1 Å². The average molecular weight is 539 g/mol. The van der Waals surface area contributed by atoms with Crippen LogP contribution in [0.2, 0.25) is 5.15 Å². The van der Waals surface area contributed by atoms with Crippen LogP contribution in [0.15, 0.2) is 62.9 Å². The van der Waals surface area contributed by atoms with Crippen molar-refractivity contribution in [2.24, 2.45) is 12.2 Å². The van der Waals surface area contributed by atoms with Crippen LogP contribution in [0.25, 0.3) is 33.2 Å². The van der Waals surface area contributed by atoms with E-state index in [9.17, 15) is 13.2 Å². The van der Waals surface area contributed by atoms with Gasteiger partial charge in [-0.2, -0.15) is 5.10 Å². The number of hydrogen-bond acceptors (Lipinski definition) is 7. The molecule has 0 saturated carbocycles. The summed E-state index contributed by atoms with van der Waals surface area (Å²) in [4.78, 5) is 17.3. The Balaban J connectivity index is 1.68. The first kappa shape index (κ1) is 24.9. The Morgan fingerprint density at radius 2 is 1.89 bits per heavy atom. The van der Waals surface area contributed by atoms with E-state index >= 15 is 0 Å². The summed E-state index contributed by atoms with van der Waals surface area (Å²) in [5.41, 5.74) is 3.58. The highest BCUT2D eigenvalue weighted by Crippen LogP contribution is 2.35. The largest absolute Gasteiger partial charge is 0.483 e. The van der Waals surface area contributed by atoms with Crippen LogP contribution < -0.4 is 15.3 Å². The van der Waals surface area contributed by atoms with Gasteiger partial charge in [-0.1, -0.05) is 11.6 Å². The second kappa shape index (κ2) is 8.98. The van der Waals surface area contributed by atoms with E-state index in [-0.39, 0.29) is 16.3 Å². The van der Waals surface area contributed by atoms with Crippen molar-refractivity contribution in [2.45, 2.75) is 31.9 Å². The Kier molecular flexibility index (Phi) is 6.06. The lowest BCUT2D eigenvalue weighted by Gasteiger charge is -2.19. The Hall–Kier alpha value is -3.73. The molecule has 1 atom stereocenters. The van der Waals surface area contributed by atoms with Crippen LogP contribution in [0.3, 0.4) is 0 Å². The second-order valence-electron chi connectivity index (χ2n) is 8.93. The molecule has 190 valence electrons. The van der Waals surface area contributed by atoms with Crippen LogP contribution in [0.5, 0.6) is 5.75 Å². The molecule has 3 aromatic heterocycles. The monoisotopic (exact) mass is 538 g/mol. The number of nitrogens with zero attached hydrogens (tertiary/aromatic N) is 3. The summed E-state index contributed by atoms with van der Waals surface area (Å²) in [6, 6.07) is 12.0. The molecule has 0 bridgehead atoms. The van der Waals surface area contributed by atoms with Gasteiger partial charge < -0.3 is 9.15 Å². The zero-order valence-corrected chi connectivity index (χ0v) is 22.0. The Labute approximate surface area is 217 Å². The van der Waals surface area contributed by atoms with Gasteiger partial charge in [-0.05, 0) is 68.8 Å². The highest BCUT2D eigenvalue weighted by atomic mass is 35.5. The predicted octanol–water partition coefficient (Wildman–Crippen LogP) is 4.80. The van der Waals surface area contributed by atoms with Gasteiger partial charge >= 0.3 is 0 Å². The number of sulfonamides is 1. The molecule has 0 aliphatic heterocycles. The maximum absolute atomic E-state index is 13.5. The topological polar surface area (TPSA) is 130 Å². The molecule has 2 aromatic carbocycles. The molecule has 3 heterocycles. The molecule has 0 amide bonds. The van der Waals surface area contributed by atoms with Crippen molar-refractivity contribution in [1.82, 2.24) is 14.8 Å². The van der Waals surface area contributed by atoms with Gasteiger partial charge in [0.05, 0.1) is 10.9 Å². The molecule has 0 spiro atoms. The maximum Gasteiger partial charge on any atom is 0.259 e. The normalized spacial score (nSPS) is 12.8. The number of pyridine rings is 1. The molecule has 5 aromatic rings. The zero-order chi connectivity index (χ0) is 26.6. The van der Waals surface area contributed by atoms with Gasteiger partial charge in [0.25, 0.3) is 10.0 Å². The summed E-state index contributed by atoms with van der Waals surface area (Å²) in [6.07, 6.45) is 1.16. The number of primary sulfonamides is 1. The van der Waals surface area contributed by atoms with Gasteiger partial charge in [-0.25, -0.2) is 18.5 Å². The molecule has 5 rings (SSSR count). The first-order valence-electron chi connectivity index (χ1n) is 11.3. The third-order valence-corrected chi connectivity index (χ3v) is 7.12. The average Bonchev–Trinajstić information content (AvgIpc) is 3.20. The smallest absolute Gasteiger partial charge is 0.259 e. The van der Waals surface area contributed by atoms with Crippen molar-refractivity contribution in [3.05, 3.63) is 80.7 Å². The SMILES string of the molecule is Cc1cc([C@@H](C)Oc2ccc(Cl)nc2S(N)(=O)=O)c2oc(-c3ccc4nn(C)cc4c3)c(C)c(=O)c2c1. The van der Waals surface area contributed by atoms with Gasteiger partial charge in [-0.15, -0.1) is 0 Å². The third kappa shape index (κ3) is 4.59. The number of halogens is 1. The molecule has 0 unspecified atom stereocenters. The number of rotatable bonds is 5. The van der Waals surface area contributed by atoms with Crippen molar-refractivity contribution in [1.29, 1.82) is 0 Å². The highest BCUT2D eigenvalue weighted by Gasteiger charge is 2.24. The van der Waals surface area contributed by atoms with Crippen molar-refractivity contribution < 1.29 is 17.6 Å². The summed E-state index contributed by atoms with van der Waals surface area (Å²) in [6.45, 7) is 5.30. The van der Waals surface area contributed by atoms with Gasteiger partial charge in [0.15, 0.2) is 11.2 Å². The molecule has 0 aliphatic carbocycles. The van der Waals surface area contributed by atoms with Crippen LogP contribution in [-0.4, -0.2) is 23.2 Å². The van der Waals surface area contributed by atoms with Crippen molar-refractivity contribution in [3.63, 3.8) is 0 Å². The first-order valence-corrected chi connectivity index (χ1v) is 13.2. The minimum Gasteiger partial charge on any atom is -0.483 e. The maximum atomic E-state index is 13.5. The Morgan fingerprint density at radius 3 is 2.62 bits per heavy atom. The fourth-order valence-electron chi connectivity index (χ4n) is 4.39. The lowest BCUT2D eigenvalue weighted by Crippen LogP contribution is -2.17. The van der Waals surface area contributed by atoms with Crippen LogP contribution >= 0.6 is 11.6 Å². The quantitative estimate of drug-likeness (QED) is 0.318. The summed E-state index contributed by atoms with van der Waals surface area (Å²) < 4.78 is 38.3. The Morgan fingerprint density at radius 1 is 1.14 bits per heavy atom. The minimum atomic E-state index is -4.21. The van der Waals surface area contributed by atoms with Crippen molar-refractivity contribution in [3.8, 4) is 17.1 Å². The molecule has 11 heteroatoms. The number of hydrogen-bond donors (Lipinski definition) is 1. The van der Waals surface area contributed by atoms with E-state index in [0.717, 1.165) is 22.0 Å². The molecule has 0 radical (unpaired) electrons. The van der Waals surface area contributed by atoms with Gasteiger partial charge in [-0.3, -0.25) is 9.48 Å². The van der Waals surface area contributed by atoms with E-state index in [1.54, 1.807) is 24.6 Å². The molecule has 9 nitrogen and oxygen atoms in total. The zero-order valence-electron chi connectivity index (χ0n) is 20.4. The van der Waals surface area contributed by atoms with E-state index in [2.05, 4.69) is 10.1 Å². The standard InChI is InChI=1S/C26H23ClN4O5S/c1-13-9-18(15(3)35-21-7-8-22(27)29-26(21)37(28,33)34)25-19(10-13)23(32)14(2)24(36-25)16-5-6-20-17(11-16)12-31(4)30-20/h5-12,15H,1-4H3,(H2,28,33,34)/t15-/m1/s1. The number of benzene rings is 2. The lowest BCUT2D eigenvalue weighted by molar-refractivity contribution is 0.219. The van der Waals surface area contributed by atoms with Crippen molar-refractivity contribution >= 4 is 43.5 Å². The molecule has 2 N–H and O–H groups in total. The van der Waals surface area contributed by atoms with E-state index in [1.807, 2.05) is 44.4 Å². The summed E-state index contributed by atoms with van der Waals surface area (Å²) in [5.74, 6) is 0.365. The molecular weight excluding hydrogens is 516 g/mol. The molecule has 0 aliphatic rings. The van der Waals surface area contributed by atoms with Crippen LogP contribution in [0.4, 0.5) is 0 Å². The number of ether oxygens (including phenoxy) is 1. The highest BCUT2D eigenvalue weighted by molar-refractivity contribution is 7.89. The number of fused-ring (bicyclic) bond motifs is 2.